The lowest BCUT2D eigenvalue weighted by Gasteiger charge is -2.29. The fourth-order valence-corrected chi connectivity index (χ4v) is 3.34. The molecule has 2 aromatic rings. The molecule has 0 fully saturated rings. The van der Waals surface area contributed by atoms with Crippen molar-refractivity contribution in [1.82, 2.24) is 24.8 Å². The van der Waals surface area contributed by atoms with Crippen molar-refractivity contribution >= 4 is 17.3 Å². The van der Waals surface area contributed by atoms with E-state index >= 15 is 0 Å². The molecule has 2 aromatic heterocycles. The number of hydrogen-bond acceptors (Lipinski definition) is 5. The first kappa shape index (κ1) is 22.2. The molecule has 0 radical (unpaired) electrons. The zero-order valence-electron chi connectivity index (χ0n) is 16.3. The van der Waals surface area contributed by atoms with Crippen LogP contribution in [-0.2, 0) is 19.2 Å². The van der Waals surface area contributed by atoms with Crippen molar-refractivity contribution in [3.05, 3.63) is 34.3 Å². The first-order valence-electron chi connectivity index (χ1n) is 8.76. The Morgan fingerprint density at radius 1 is 1.43 bits per heavy atom. The molecule has 28 heavy (non-hydrogen) atoms. The Kier molecular flexibility index (Phi) is 7.05. The lowest BCUT2D eigenvalue weighted by atomic mass is 9.98. The Labute approximate surface area is 165 Å². The van der Waals surface area contributed by atoms with Gasteiger partial charge in [-0.2, -0.15) is 13.2 Å². The van der Waals surface area contributed by atoms with E-state index in [1.54, 1.807) is 11.9 Å². The molecule has 2 rings (SSSR count). The maximum atomic E-state index is 13.6. The number of guanidine groups is 1. The van der Waals surface area contributed by atoms with Crippen LogP contribution in [0, 0.1) is 6.92 Å². The van der Waals surface area contributed by atoms with Crippen LogP contribution in [0.2, 0.25) is 0 Å². The highest BCUT2D eigenvalue weighted by Crippen LogP contribution is 2.40. The number of aliphatic imine (C=N–C) groups is 1. The first-order chi connectivity index (χ1) is 13.1. The maximum absolute atomic E-state index is 13.6. The molecule has 0 aliphatic heterocycles. The van der Waals surface area contributed by atoms with E-state index in [1.165, 1.54) is 35.3 Å². The number of alkyl halides is 3. The van der Waals surface area contributed by atoms with Crippen LogP contribution in [-0.4, -0.2) is 56.8 Å². The third-order valence-electron chi connectivity index (χ3n) is 4.16. The molecule has 0 saturated carbocycles. The van der Waals surface area contributed by atoms with Crippen molar-refractivity contribution in [2.45, 2.75) is 38.6 Å². The highest BCUT2D eigenvalue weighted by atomic mass is 32.1. The lowest BCUT2D eigenvalue weighted by molar-refractivity contribution is -0.272. The van der Waals surface area contributed by atoms with Crippen LogP contribution in [0.25, 0.3) is 0 Å². The molecule has 0 spiro atoms. The van der Waals surface area contributed by atoms with Crippen LogP contribution in [0.3, 0.4) is 0 Å². The minimum Gasteiger partial charge on any atom is -0.374 e. The topological polar surface area (TPSA) is 78.6 Å². The molecule has 0 amide bonds. The Bertz CT molecular complexity index is 803. The second kappa shape index (κ2) is 8.91. The van der Waals surface area contributed by atoms with E-state index in [0.717, 1.165) is 10.7 Å². The monoisotopic (exact) mass is 418 g/mol. The van der Waals surface area contributed by atoms with Gasteiger partial charge < -0.3 is 19.9 Å². The first-order valence-corrected chi connectivity index (χ1v) is 9.63. The summed E-state index contributed by atoms with van der Waals surface area (Å²) in [6.07, 6.45) is -2.92. The van der Waals surface area contributed by atoms with E-state index < -0.39 is 24.0 Å². The van der Waals surface area contributed by atoms with E-state index in [1.807, 2.05) is 19.2 Å². The van der Waals surface area contributed by atoms with Gasteiger partial charge in [0.05, 0.1) is 17.2 Å². The van der Waals surface area contributed by atoms with Gasteiger partial charge in [0, 0.05) is 51.4 Å². The smallest absolute Gasteiger partial charge is 0.374 e. The second-order valence-electron chi connectivity index (χ2n) is 6.42. The average molecular weight is 418 g/mol. The van der Waals surface area contributed by atoms with Crippen molar-refractivity contribution in [2.24, 2.45) is 12.0 Å². The number of aliphatic hydroxyl groups is 1. The van der Waals surface area contributed by atoms with Crippen LogP contribution in [0.15, 0.2) is 22.8 Å². The van der Waals surface area contributed by atoms with Gasteiger partial charge in [-0.25, -0.2) is 9.97 Å². The number of nitrogens with one attached hydrogen (secondary N) is 1. The molecule has 156 valence electrons. The molecule has 0 aliphatic carbocycles. The van der Waals surface area contributed by atoms with Crippen molar-refractivity contribution in [3.63, 3.8) is 0 Å². The number of rotatable bonds is 7. The van der Waals surface area contributed by atoms with E-state index in [2.05, 4.69) is 20.3 Å². The molecule has 2 N–H and O–H groups in total. The number of hydrogen-bond donors (Lipinski definition) is 2. The molecule has 0 bridgehead atoms. The van der Waals surface area contributed by atoms with Crippen molar-refractivity contribution < 1.29 is 18.3 Å². The lowest BCUT2D eigenvalue weighted by Crippen LogP contribution is -2.45. The minimum atomic E-state index is -4.87. The van der Waals surface area contributed by atoms with Gasteiger partial charge in [-0.3, -0.25) is 4.99 Å². The summed E-state index contributed by atoms with van der Waals surface area (Å²) >= 11 is 1.53. The number of imidazole rings is 1. The van der Waals surface area contributed by atoms with Gasteiger partial charge in [-0.1, -0.05) is 0 Å². The summed E-state index contributed by atoms with van der Waals surface area (Å²) in [4.78, 5) is 14.1. The second-order valence-corrected chi connectivity index (χ2v) is 7.48. The van der Waals surface area contributed by atoms with E-state index in [-0.39, 0.29) is 6.54 Å². The fourth-order valence-electron chi connectivity index (χ4n) is 2.74. The van der Waals surface area contributed by atoms with Crippen LogP contribution in [0.4, 0.5) is 13.2 Å². The van der Waals surface area contributed by atoms with E-state index in [4.69, 9.17) is 0 Å². The van der Waals surface area contributed by atoms with Crippen LogP contribution in [0.1, 0.15) is 29.9 Å². The summed E-state index contributed by atoms with van der Waals surface area (Å²) in [6, 6.07) is 0. The molecule has 0 saturated heterocycles. The van der Waals surface area contributed by atoms with Crippen LogP contribution >= 0.6 is 11.3 Å². The molecule has 1 unspecified atom stereocenters. The third-order valence-corrected chi connectivity index (χ3v) is 4.98. The van der Waals surface area contributed by atoms with Crippen molar-refractivity contribution in [3.8, 4) is 0 Å². The van der Waals surface area contributed by atoms with Gasteiger partial charge in [0.2, 0.25) is 5.60 Å². The fraction of sp³-hybridized carbons (Fsp3) is 0.588. The predicted molar refractivity (Wildman–Crippen MR) is 102 cm³/mol. The summed E-state index contributed by atoms with van der Waals surface area (Å²) in [5, 5.41) is 16.3. The maximum Gasteiger partial charge on any atom is 0.424 e. The van der Waals surface area contributed by atoms with Gasteiger partial charge in [-0.05, 0) is 13.8 Å². The standard InChI is InChI=1S/C17H25F3N6OS/c1-5-21-15(26(4)10-13-11-28-12(2)24-13)23-7-6-16(27,17(18,19)20)14-22-8-9-25(14)3/h8-9,11,27H,5-7,10H2,1-4H3,(H,21,23). The third kappa shape index (κ3) is 5.02. The summed E-state index contributed by atoms with van der Waals surface area (Å²) in [5.74, 6) is -0.0102. The normalized spacial score (nSPS) is 14.8. The molecular weight excluding hydrogens is 393 g/mol. The van der Waals surface area contributed by atoms with E-state index in [0.29, 0.717) is 19.0 Å². The molecule has 11 heteroatoms. The Hall–Kier alpha value is -2.14. The summed E-state index contributed by atoms with van der Waals surface area (Å²) in [7, 11) is 3.20. The van der Waals surface area contributed by atoms with E-state index in [9.17, 15) is 18.3 Å². The van der Waals surface area contributed by atoms with Crippen molar-refractivity contribution in [1.29, 1.82) is 0 Å². The summed E-state index contributed by atoms with van der Waals surface area (Å²) in [6.45, 7) is 4.58. The number of aryl methyl sites for hydroxylation is 2. The predicted octanol–water partition coefficient (Wildman–Crippen LogP) is 2.42. The largest absolute Gasteiger partial charge is 0.424 e. The SMILES string of the molecule is CCNC(=NCCC(O)(c1nccn1C)C(F)(F)F)N(C)Cc1csc(C)n1. The quantitative estimate of drug-likeness (QED) is 0.533. The number of nitrogens with zero attached hydrogens (tertiary/aromatic N) is 5. The molecular formula is C17H25F3N6OS. The highest BCUT2D eigenvalue weighted by Gasteiger charge is 2.57. The minimum absolute atomic E-state index is 0.231. The van der Waals surface area contributed by atoms with Gasteiger partial charge in [0.15, 0.2) is 5.96 Å². The van der Waals surface area contributed by atoms with Crippen LogP contribution in [0.5, 0.6) is 0 Å². The summed E-state index contributed by atoms with van der Waals surface area (Å²) < 4.78 is 41.9. The number of thiazole rings is 1. The summed E-state index contributed by atoms with van der Waals surface area (Å²) in [5.41, 5.74) is -2.22. The average Bonchev–Trinajstić information content (AvgIpc) is 3.21. The Balaban J connectivity index is 2.15. The zero-order chi connectivity index (χ0) is 20.9. The molecule has 0 aliphatic rings. The van der Waals surface area contributed by atoms with Crippen molar-refractivity contribution in [2.75, 3.05) is 20.1 Å². The molecule has 2 heterocycles. The number of halogens is 3. The number of aromatic nitrogens is 3. The Morgan fingerprint density at radius 3 is 2.64 bits per heavy atom. The van der Waals surface area contributed by atoms with Gasteiger partial charge in [0.25, 0.3) is 0 Å². The molecule has 1 atom stereocenters. The van der Waals surface area contributed by atoms with Gasteiger partial charge in [0.1, 0.15) is 5.82 Å². The Morgan fingerprint density at radius 2 is 2.14 bits per heavy atom. The highest BCUT2D eigenvalue weighted by molar-refractivity contribution is 7.09. The molecule has 0 aromatic carbocycles. The zero-order valence-corrected chi connectivity index (χ0v) is 17.1. The van der Waals surface area contributed by atoms with Crippen LogP contribution < -0.4 is 5.32 Å². The van der Waals surface area contributed by atoms with Gasteiger partial charge in [-0.15, -0.1) is 11.3 Å². The molecule has 7 nitrogen and oxygen atoms in total. The van der Waals surface area contributed by atoms with Gasteiger partial charge >= 0.3 is 6.18 Å².